The summed E-state index contributed by atoms with van der Waals surface area (Å²) in [5, 5.41) is 4.27. The molecule has 160 valence electrons. The zero-order chi connectivity index (χ0) is 20.7. The summed E-state index contributed by atoms with van der Waals surface area (Å²) in [7, 11) is 0. The minimum atomic E-state index is -0.967. The highest BCUT2D eigenvalue weighted by molar-refractivity contribution is 5.57. The molecular weight excluding hydrogens is 383 g/mol. The molecule has 2 aliphatic heterocycles. The molecule has 5 rings (SSSR count). The topological polar surface area (TPSA) is 64.2 Å². The van der Waals surface area contributed by atoms with E-state index in [1.807, 2.05) is 17.6 Å². The third kappa shape index (κ3) is 3.64. The number of aromatic nitrogens is 3. The Hall–Kier alpha value is -2.28. The molecule has 3 aliphatic rings. The van der Waals surface area contributed by atoms with Gasteiger partial charge in [-0.05, 0) is 58.2 Å². The maximum Gasteiger partial charge on any atom is 0.256 e. The van der Waals surface area contributed by atoms with Crippen LogP contribution < -0.4 is 5.56 Å². The van der Waals surface area contributed by atoms with E-state index in [1.165, 1.54) is 0 Å². The highest BCUT2D eigenvalue weighted by atomic mass is 19.1. The third-order valence-corrected chi connectivity index (χ3v) is 6.92. The number of aryl methyl sites for hydroxylation is 2. The van der Waals surface area contributed by atoms with Crippen molar-refractivity contribution in [1.29, 1.82) is 0 Å². The molecule has 6 nitrogen and oxygen atoms in total. The summed E-state index contributed by atoms with van der Waals surface area (Å²) in [6, 6.07) is 0. The number of allylic oxidation sites excluding steroid dienone is 1. The minimum Gasteiger partial charge on any atom is -0.360 e. The number of fused-ring (bicyclic) bond motifs is 2. The van der Waals surface area contributed by atoms with E-state index in [4.69, 9.17) is 9.51 Å². The summed E-state index contributed by atoms with van der Waals surface area (Å²) in [6.07, 6.45) is 8.63. The second-order valence-electron chi connectivity index (χ2n) is 8.86. The molecule has 0 saturated carbocycles. The normalized spacial score (nSPS) is 22.1. The average molecular weight is 413 g/mol. The molecule has 1 saturated heterocycles. The first-order valence-electron chi connectivity index (χ1n) is 11.2. The standard InChI is InChI=1S/C23H29FN4O2/c1-15-18(23(29)28-10-3-2-4-21(28)25-15)9-13-27-11-7-16(8-12-27)22-19-6-5-17(24)14-20(19)30-26-22/h5-6,16-17H,2-4,7-14H2,1H3. The van der Waals surface area contributed by atoms with E-state index >= 15 is 0 Å². The van der Waals surface area contributed by atoms with Gasteiger partial charge in [0.25, 0.3) is 5.56 Å². The summed E-state index contributed by atoms with van der Waals surface area (Å²) < 4.78 is 20.8. The van der Waals surface area contributed by atoms with Gasteiger partial charge in [0.1, 0.15) is 17.8 Å². The van der Waals surface area contributed by atoms with Crippen molar-refractivity contribution in [2.24, 2.45) is 0 Å². The van der Waals surface area contributed by atoms with Crippen LogP contribution in [0.5, 0.6) is 0 Å². The fourth-order valence-electron chi connectivity index (χ4n) is 5.13. The van der Waals surface area contributed by atoms with E-state index in [2.05, 4.69) is 10.1 Å². The maximum atomic E-state index is 13.5. The van der Waals surface area contributed by atoms with Crippen molar-refractivity contribution >= 4 is 6.08 Å². The van der Waals surface area contributed by atoms with Crippen molar-refractivity contribution in [3.63, 3.8) is 0 Å². The first-order valence-corrected chi connectivity index (χ1v) is 11.2. The van der Waals surface area contributed by atoms with Crippen molar-refractivity contribution in [1.82, 2.24) is 19.6 Å². The highest BCUT2D eigenvalue weighted by Crippen LogP contribution is 2.34. The van der Waals surface area contributed by atoms with Gasteiger partial charge in [-0.15, -0.1) is 0 Å². The molecule has 0 amide bonds. The van der Waals surface area contributed by atoms with Crippen LogP contribution in [0.4, 0.5) is 4.39 Å². The lowest BCUT2D eigenvalue weighted by molar-refractivity contribution is 0.210. The predicted molar refractivity (Wildman–Crippen MR) is 112 cm³/mol. The number of alkyl halides is 1. The van der Waals surface area contributed by atoms with Gasteiger partial charge in [0.05, 0.1) is 5.69 Å². The molecule has 1 aliphatic carbocycles. The van der Waals surface area contributed by atoms with Gasteiger partial charge >= 0.3 is 0 Å². The first-order chi connectivity index (χ1) is 14.6. The van der Waals surface area contributed by atoms with Crippen molar-refractivity contribution in [3.8, 4) is 0 Å². The van der Waals surface area contributed by atoms with Crippen LogP contribution in [0.15, 0.2) is 15.4 Å². The summed E-state index contributed by atoms with van der Waals surface area (Å²) >= 11 is 0. The van der Waals surface area contributed by atoms with E-state index in [1.54, 1.807) is 6.08 Å². The van der Waals surface area contributed by atoms with Crippen LogP contribution in [0.3, 0.4) is 0 Å². The lowest BCUT2D eigenvalue weighted by atomic mass is 9.89. The molecule has 2 aromatic rings. The Balaban J connectivity index is 1.21. The van der Waals surface area contributed by atoms with Gasteiger partial charge in [-0.2, -0.15) is 0 Å². The van der Waals surface area contributed by atoms with Crippen LogP contribution in [0.2, 0.25) is 0 Å². The molecule has 0 N–H and O–H groups in total. The van der Waals surface area contributed by atoms with Crippen molar-refractivity contribution < 1.29 is 8.91 Å². The van der Waals surface area contributed by atoms with Crippen molar-refractivity contribution in [2.45, 2.75) is 70.5 Å². The number of hydrogen-bond donors (Lipinski definition) is 0. The summed E-state index contributed by atoms with van der Waals surface area (Å²) in [4.78, 5) is 20.1. The molecule has 1 unspecified atom stereocenters. The smallest absolute Gasteiger partial charge is 0.256 e. The Bertz CT molecular complexity index is 1020. The number of likely N-dealkylation sites (tertiary alicyclic amines) is 1. The van der Waals surface area contributed by atoms with Crippen LogP contribution in [0, 0.1) is 6.92 Å². The van der Waals surface area contributed by atoms with E-state index < -0.39 is 6.17 Å². The van der Waals surface area contributed by atoms with Crippen LogP contribution in [0.1, 0.15) is 65.7 Å². The fourth-order valence-corrected chi connectivity index (χ4v) is 5.13. The van der Waals surface area contributed by atoms with Crippen LogP contribution in [-0.4, -0.2) is 45.4 Å². The molecule has 2 aromatic heterocycles. The summed E-state index contributed by atoms with van der Waals surface area (Å²) in [5.74, 6) is 1.99. The molecule has 7 heteroatoms. The lowest BCUT2D eigenvalue weighted by Gasteiger charge is -2.31. The molecule has 0 bridgehead atoms. The van der Waals surface area contributed by atoms with Gasteiger partial charge in [-0.3, -0.25) is 9.36 Å². The van der Waals surface area contributed by atoms with Gasteiger partial charge in [0.2, 0.25) is 0 Å². The van der Waals surface area contributed by atoms with Crippen LogP contribution in [0.25, 0.3) is 6.08 Å². The molecule has 30 heavy (non-hydrogen) atoms. The zero-order valence-corrected chi connectivity index (χ0v) is 17.6. The van der Waals surface area contributed by atoms with Gasteiger partial charge in [-0.1, -0.05) is 11.2 Å². The molecule has 1 fully saturated rings. The summed E-state index contributed by atoms with van der Waals surface area (Å²) in [5.41, 5.74) is 3.92. The quantitative estimate of drug-likeness (QED) is 0.772. The van der Waals surface area contributed by atoms with Gasteiger partial charge in [0.15, 0.2) is 0 Å². The number of halogens is 1. The van der Waals surface area contributed by atoms with Crippen LogP contribution >= 0.6 is 0 Å². The Morgan fingerprint density at radius 3 is 2.90 bits per heavy atom. The number of hydrogen-bond acceptors (Lipinski definition) is 5. The van der Waals surface area contributed by atoms with E-state index in [-0.39, 0.29) is 5.56 Å². The Labute approximate surface area is 175 Å². The lowest BCUT2D eigenvalue weighted by Crippen LogP contribution is -2.37. The minimum absolute atomic E-state index is 0.166. The fraction of sp³-hybridized carbons (Fsp3) is 0.609. The number of piperidine rings is 1. The Morgan fingerprint density at radius 1 is 1.23 bits per heavy atom. The van der Waals surface area contributed by atoms with E-state index in [0.29, 0.717) is 18.1 Å². The van der Waals surface area contributed by atoms with Gasteiger partial charge < -0.3 is 9.42 Å². The second kappa shape index (κ2) is 8.10. The first kappa shape index (κ1) is 19.7. The SMILES string of the molecule is Cc1nc2n(c(=O)c1CCN1CCC(c3noc4c3C=CC(F)C4)CC1)CCCC2. The molecular formula is C23H29FN4O2. The molecule has 0 radical (unpaired) electrons. The van der Waals surface area contributed by atoms with Crippen molar-refractivity contribution in [2.75, 3.05) is 19.6 Å². The summed E-state index contributed by atoms with van der Waals surface area (Å²) in [6.45, 7) is 5.60. The average Bonchev–Trinajstić information content (AvgIpc) is 3.17. The maximum absolute atomic E-state index is 13.5. The second-order valence-corrected chi connectivity index (χ2v) is 8.86. The van der Waals surface area contributed by atoms with E-state index in [9.17, 15) is 9.18 Å². The van der Waals surface area contributed by atoms with Crippen molar-refractivity contribution in [3.05, 3.63) is 50.5 Å². The zero-order valence-electron chi connectivity index (χ0n) is 17.6. The monoisotopic (exact) mass is 412 g/mol. The molecule has 4 heterocycles. The predicted octanol–water partition coefficient (Wildman–Crippen LogP) is 3.21. The van der Waals surface area contributed by atoms with E-state index in [0.717, 1.165) is 93.0 Å². The Morgan fingerprint density at radius 2 is 2.07 bits per heavy atom. The largest absolute Gasteiger partial charge is 0.360 e. The Kier molecular flexibility index (Phi) is 5.31. The van der Waals surface area contributed by atoms with Gasteiger partial charge in [0, 0.05) is 48.7 Å². The highest BCUT2D eigenvalue weighted by Gasteiger charge is 2.29. The van der Waals surface area contributed by atoms with Crippen LogP contribution in [-0.2, 0) is 25.8 Å². The molecule has 0 spiro atoms. The number of nitrogens with zero attached hydrogens (tertiary/aromatic N) is 4. The third-order valence-electron chi connectivity index (χ3n) is 6.92. The number of rotatable bonds is 4. The molecule has 0 aromatic carbocycles. The van der Waals surface area contributed by atoms with Gasteiger partial charge in [-0.25, -0.2) is 9.37 Å². The molecule has 1 atom stereocenters.